The van der Waals surface area contributed by atoms with Crippen molar-refractivity contribution in [1.29, 1.82) is 0 Å². The summed E-state index contributed by atoms with van der Waals surface area (Å²) in [7, 11) is 3.99. The quantitative estimate of drug-likeness (QED) is 0.265. The molecule has 3 N–H and O–H groups in total. The summed E-state index contributed by atoms with van der Waals surface area (Å²) in [5, 5.41) is 17.1. The van der Waals surface area contributed by atoms with Gasteiger partial charge in [-0.05, 0) is 60.7 Å². The van der Waals surface area contributed by atoms with Crippen molar-refractivity contribution in [3.63, 3.8) is 0 Å². The maximum atomic E-state index is 12.5. The molecule has 9 nitrogen and oxygen atoms in total. The van der Waals surface area contributed by atoms with Gasteiger partial charge in [0.05, 0.1) is 5.52 Å². The van der Waals surface area contributed by atoms with Gasteiger partial charge in [-0.2, -0.15) is 18.2 Å². The van der Waals surface area contributed by atoms with Crippen molar-refractivity contribution < 1.29 is 32.6 Å². The number of ether oxygens (including phenoxy) is 1. The number of hydrogen-bond donors (Lipinski definition) is 3. The molecule has 0 aliphatic heterocycles. The average Bonchev–Trinajstić information content (AvgIpc) is 2.96. The second kappa shape index (κ2) is 13.4. The first-order chi connectivity index (χ1) is 20.0. The molecular weight excluding hydrogens is 551 g/mol. The van der Waals surface area contributed by atoms with Gasteiger partial charge in [0.25, 0.3) is 5.91 Å². The van der Waals surface area contributed by atoms with Gasteiger partial charge in [-0.25, -0.2) is 9.78 Å². The zero-order valence-electron chi connectivity index (χ0n) is 23.2. The van der Waals surface area contributed by atoms with Crippen LogP contribution < -0.4 is 20.3 Å². The van der Waals surface area contributed by atoms with E-state index in [0.717, 1.165) is 53.2 Å². The van der Waals surface area contributed by atoms with E-state index in [1.165, 1.54) is 0 Å². The van der Waals surface area contributed by atoms with Crippen molar-refractivity contribution in [3.8, 4) is 5.75 Å². The summed E-state index contributed by atoms with van der Waals surface area (Å²) < 4.78 is 37.5. The van der Waals surface area contributed by atoms with Crippen LogP contribution in [0.25, 0.3) is 21.7 Å². The van der Waals surface area contributed by atoms with Gasteiger partial charge in [0, 0.05) is 31.6 Å². The summed E-state index contributed by atoms with van der Waals surface area (Å²) >= 11 is 0. The van der Waals surface area contributed by atoms with Crippen molar-refractivity contribution in [2.75, 3.05) is 30.9 Å². The van der Waals surface area contributed by atoms with Gasteiger partial charge in [0.1, 0.15) is 11.6 Å². The number of aromatic nitrogens is 2. The van der Waals surface area contributed by atoms with Crippen molar-refractivity contribution in [1.82, 2.24) is 15.3 Å². The van der Waals surface area contributed by atoms with E-state index in [1.807, 2.05) is 79.7 Å². The molecule has 1 amide bonds. The molecular formula is C30H32F3N5O4. The molecule has 4 aromatic rings. The molecule has 0 saturated heterocycles. The third-order valence-electron chi connectivity index (χ3n) is 6.77. The Labute approximate surface area is 240 Å². The molecule has 1 saturated carbocycles. The summed E-state index contributed by atoms with van der Waals surface area (Å²) in [6.45, 7) is 0.0226. The lowest BCUT2D eigenvalue weighted by Gasteiger charge is -2.30. The number of aliphatic carboxylic acids is 1. The first-order valence-corrected chi connectivity index (χ1v) is 13.4. The van der Waals surface area contributed by atoms with Crippen molar-refractivity contribution in [3.05, 3.63) is 66.7 Å². The van der Waals surface area contributed by atoms with Gasteiger partial charge >= 0.3 is 12.1 Å². The first kappa shape index (κ1) is 30.4. The lowest BCUT2D eigenvalue weighted by molar-refractivity contribution is -0.192. The zero-order chi connectivity index (χ0) is 30.3. The van der Waals surface area contributed by atoms with Crippen LogP contribution >= 0.6 is 0 Å². The third-order valence-corrected chi connectivity index (χ3v) is 6.77. The molecule has 0 bridgehead atoms. The van der Waals surface area contributed by atoms with Crippen molar-refractivity contribution in [2.45, 2.75) is 43.9 Å². The highest BCUT2D eigenvalue weighted by molar-refractivity contribution is 5.90. The number of nitrogens with one attached hydrogen (secondary N) is 2. The number of halogens is 3. The number of fused-ring (bicyclic) bond motifs is 2. The highest BCUT2D eigenvalue weighted by atomic mass is 19.4. The highest BCUT2D eigenvalue weighted by Gasteiger charge is 2.38. The van der Waals surface area contributed by atoms with Gasteiger partial charge in [0.15, 0.2) is 6.61 Å². The standard InChI is InChI=1S/C28H31N5O2.C2HF3O2/c1-33(2)27-24-9-5-6-10-25(24)31-28(32-27)30-22-14-12-21(13-15-22)29-26(34)18-35-23-16-11-19-7-3-4-8-20(19)17-23;3-2(4,5)1(6)7/h3-11,16-17,21-22H,12-15,18H2,1-2H3,(H,29,34)(H,30,31,32);(H,6,7). The number of benzene rings is 3. The number of hydrogen-bond acceptors (Lipinski definition) is 7. The first-order valence-electron chi connectivity index (χ1n) is 13.4. The Morgan fingerprint density at radius 1 is 0.929 bits per heavy atom. The molecule has 42 heavy (non-hydrogen) atoms. The molecule has 1 fully saturated rings. The van der Waals surface area contributed by atoms with Crippen LogP contribution in [0.3, 0.4) is 0 Å². The Hall–Kier alpha value is -4.61. The van der Waals surface area contributed by atoms with E-state index in [2.05, 4.69) is 16.7 Å². The molecule has 0 atom stereocenters. The van der Waals surface area contributed by atoms with E-state index in [1.54, 1.807) is 0 Å². The van der Waals surface area contributed by atoms with Gasteiger partial charge in [-0.3, -0.25) is 4.79 Å². The molecule has 1 aliphatic carbocycles. The zero-order valence-corrected chi connectivity index (χ0v) is 23.2. The number of para-hydroxylation sites is 1. The monoisotopic (exact) mass is 583 g/mol. The van der Waals surface area contributed by atoms with Crippen molar-refractivity contribution >= 4 is 45.3 Å². The molecule has 1 aromatic heterocycles. The van der Waals surface area contributed by atoms with Crippen LogP contribution in [0.1, 0.15) is 25.7 Å². The minimum atomic E-state index is -5.08. The number of anilines is 2. The lowest BCUT2D eigenvalue weighted by atomic mass is 9.91. The van der Waals surface area contributed by atoms with Gasteiger partial charge in [0.2, 0.25) is 5.95 Å². The fourth-order valence-corrected chi connectivity index (χ4v) is 4.71. The number of carbonyl (C=O) groups is 2. The number of amides is 1. The van der Waals surface area contributed by atoms with Crippen LogP contribution in [-0.2, 0) is 9.59 Å². The summed E-state index contributed by atoms with van der Waals surface area (Å²) in [5.41, 5.74) is 0.932. The summed E-state index contributed by atoms with van der Waals surface area (Å²) in [6, 6.07) is 22.5. The van der Waals surface area contributed by atoms with E-state index >= 15 is 0 Å². The molecule has 222 valence electrons. The number of nitrogens with zero attached hydrogens (tertiary/aromatic N) is 3. The summed E-state index contributed by atoms with van der Waals surface area (Å²) in [4.78, 5) is 32.8. The molecule has 0 unspecified atom stereocenters. The Bertz CT molecular complexity index is 1540. The number of carboxylic acid groups (broad SMARTS) is 1. The fourth-order valence-electron chi connectivity index (χ4n) is 4.71. The Morgan fingerprint density at radius 2 is 1.55 bits per heavy atom. The SMILES string of the molecule is CN(C)c1nc(NC2CCC(NC(=O)COc3ccc4ccccc4c3)CC2)nc2ccccc12.O=C(O)C(F)(F)F. The number of carboxylic acids is 1. The third kappa shape index (κ3) is 8.21. The molecule has 3 aromatic carbocycles. The maximum absolute atomic E-state index is 12.5. The van der Waals surface area contributed by atoms with Crippen LogP contribution in [0, 0.1) is 0 Å². The Morgan fingerprint density at radius 3 is 2.21 bits per heavy atom. The molecule has 1 aliphatic rings. The minimum Gasteiger partial charge on any atom is -0.484 e. The smallest absolute Gasteiger partial charge is 0.484 e. The van der Waals surface area contributed by atoms with Crippen LogP contribution in [-0.4, -0.2) is 65.9 Å². The van der Waals surface area contributed by atoms with Gasteiger partial charge in [-0.1, -0.05) is 42.5 Å². The molecule has 0 spiro atoms. The van der Waals surface area contributed by atoms with Gasteiger partial charge < -0.3 is 25.4 Å². The van der Waals surface area contributed by atoms with Crippen LogP contribution in [0.2, 0.25) is 0 Å². The minimum absolute atomic E-state index is 0.0226. The fraction of sp³-hybridized carbons (Fsp3) is 0.333. The topological polar surface area (TPSA) is 117 Å². The van der Waals surface area contributed by atoms with Crippen LogP contribution in [0.5, 0.6) is 5.75 Å². The predicted molar refractivity (Wildman–Crippen MR) is 155 cm³/mol. The summed E-state index contributed by atoms with van der Waals surface area (Å²) in [5.74, 6) is -0.566. The van der Waals surface area contributed by atoms with Crippen LogP contribution in [0.4, 0.5) is 24.9 Å². The largest absolute Gasteiger partial charge is 0.490 e. The molecule has 5 rings (SSSR count). The second-order valence-corrected chi connectivity index (χ2v) is 10.1. The molecule has 0 radical (unpaired) electrons. The Kier molecular flexibility index (Phi) is 9.66. The van der Waals surface area contributed by atoms with Crippen LogP contribution in [0.15, 0.2) is 66.7 Å². The Balaban J connectivity index is 0.000000517. The van der Waals surface area contributed by atoms with Crippen molar-refractivity contribution in [2.24, 2.45) is 0 Å². The number of carbonyl (C=O) groups excluding carboxylic acids is 1. The highest BCUT2D eigenvalue weighted by Crippen LogP contribution is 2.26. The van der Waals surface area contributed by atoms with E-state index in [-0.39, 0.29) is 24.6 Å². The summed E-state index contributed by atoms with van der Waals surface area (Å²) in [6.07, 6.45) is -1.37. The maximum Gasteiger partial charge on any atom is 0.490 e. The number of alkyl halides is 3. The second-order valence-electron chi connectivity index (χ2n) is 10.1. The normalized spacial score (nSPS) is 16.7. The van der Waals surface area contributed by atoms with E-state index in [0.29, 0.717) is 11.7 Å². The molecule has 12 heteroatoms. The van der Waals surface area contributed by atoms with E-state index in [9.17, 15) is 18.0 Å². The average molecular weight is 584 g/mol. The van der Waals surface area contributed by atoms with E-state index < -0.39 is 12.1 Å². The van der Waals surface area contributed by atoms with E-state index in [4.69, 9.17) is 24.6 Å². The predicted octanol–water partition coefficient (Wildman–Crippen LogP) is 5.40. The number of rotatable bonds is 7. The molecule has 1 heterocycles. The lowest BCUT2D eigenvalue weighted by Crippen LogP contribution is -2.42. The van der Waals surface area contributed by atoms with Gasteiger partial charge in [-0.15, -0.1) is 0 Å².